The molecule has 2 N–H and O–H groups in total. The average Bonchev–Trinajstić information content (AvgIpc) is 2.28. The van der Waals surface area contributed by atoms with Gasteiger partial charge in [0.2, 0.25) is 0 Å². The van der Waals surface area contributed by atoms with Crippen LogP contribution in [0.15, 0.2) is 12.1 Å². The maximum absolute atomic E-state index is 6.09. The summed E-state index contributed by atoms with van der Waals surface area (Å²) < 4.78 is 10.6. The third-order valence-electron chi connectivity index (χ3n) is 2.35. The molecule has 0 unspecified atom stereocenters. The van der Waals surface area contributed by atoms with E-state index in [4.69, 9.17) is 27.0 Å². The molecule has 1 aromatic rings. The van der Waals surface area contributed by atoms with Crippen molar-refractivity contribution in [1.29, 1.82) is 0 Å². The zero-order valence-electron chi connectivity index (χ0n) is 8.16. The number of hydrogen-bond acceptors (Lipinski definition) is 4. The summed E-state index contributed by atoms with van der Waals surface area (Å²) in [5, 5.41) is 0.694. The van der Waals surface area contributed by atoms with E-state index in [1.807, 2.05) is 12.1 Å². The Morgan fingerprint density at radius 1 is 1.47 bits per heavy atom. The van der Waals surface area contributed by atoms with Gasteiger partial charge in [-0.3, -0.25) is 0 Å². The Labute approximate surface area is 92.8 Å². The predicted octanol–water partition coefficient (Wildman–Crippen LogP) is 1.64. The van der Waals surface area contributed by atoms with Crippen LogP contribution in [0.2, 0.25) is 5.02 Å². The van der Waals surface area contributed by atoms with Crippen molar-refractivity contribution in [1.82, 2.24) is 0 Å². The van der Waals surface area contributed by atoms with Crippen LogP contribution in [0.3, 0.4) is 0 Å². The van der Waals surface area contributed by atoms with Gasteiger partial charge in [0.05, 0.1) is 13.2 Å². The summed E-state index contributed by atoms with van der Waals surface area (Å²) in [6, 6.07) is 3.67. The summed E-state index contributed by atoms with van der Waals surface area (Å²) in [5.41, 5.74) is 1.98. The smallest absolute Gasteiger partial charge is 0.189 e. The topological polar surface area (TPSA) is 53.7 Å². The zero-order chi connectivity index (χ0) is 10.7. The Balaban J connectivity index is 2.32. The molecule has 0 aromatic heterocycles. The van der Waals surface area contributed by atoms with Crippen LogP contribution in [0, 0.1) is 0 Å². The minimum Gasteiger partial charge on any atom is -0.467 e. The summed E-state index contributed by atoms with van der Waals surface area (Å²) in [7, 11) is 0. The fourth-order valence-electron chi connectivity index (χ4n) is 1.62. The van der Waals surface area contributed by atoms with Gasteiger partial charge < -0.3 is 14.3 Å². The number of halogens is 1. The van der Waals surface area contributed by atoms with Crippen LogP contribution in [-0.4, -0.2) is 13.4 Å². The van der Waals surface area contributed by atoms with Gasteiger partial charge in [0.1, 0.15) is 5.75 Å². The minimum atomic E-state index is 0.293. The second kappa shape index (κ2) is 4.81. The molecule has 0 amide bonds. The fourth-order valence-corrected chi connectivity index (χ4v) is 1.89. The van der Waals surface area contributed by atoms with E-state index in [1.54, 1.807) is 0 Å². The lowest BCUT2D eigenvalue weighted by Crippen LogP contribution is -2.15. The summed E-state index contributed by atoms with van der Waals surface area (Å²) in [6.45, 7) is 1.24. The van der Waals surface area contributed by atoms with Crippen LogP contribution < -0.4 is 10.6 Å². The third-order valence-corrected chi connectivity index (χ3v) is 2.70. The lowest BCUT2D eigenvalue weighted by atomic mass is 10.0. The molecule has 4 nitrogen and oxygen atoms in total. The quantitative estimate of drug-likeness (QED) is 0.801. The van der Waals surface area contributed by atoms with Crippen molar-refractivity contribution in [2.75, 3.05) is 13.4 Å². The van der Waals surface area contributed by atoms with Crippen molar-refractivity contribution >= 4 is 11.6 Å². The molecule has 1 aromatic carbocycles. The molecule has 1 aliphatic heterocycles. The van der Waals surface area contributed by atoms with E-state index in [1.165, 1.54) is 0 Å². The molecule has 0 atom stereocenters. The second-order valence-electron chi connectivity index (χ2n) is 3.23. The monoisotopic (exact) mass is 229 g/mol. The van der Waals surface area contributed by atoms with Gasteiger partial charge in [-0.15, -0.1) is 0 Å². The van der Waals surface area contributed by atoms with Gasteiger partial charge in [0.15, 0.2) is 6.79 Å². The second-order valence-corrected chi connectivity index (χ2v) is 3.64. The lowest BCUT2D eigenvalue weighted by molar-refractivity contribution is -0.0169. The van der Waals surface area contributed by atoms with Crippen LogP contribution in [0.25, 0.3) is 0 Å². The highest BCUT2D eigenvalue weighted by Crippen LogP contribution is 2.32. The first-order valence-electron chi connectivity index (χ1n) is 4.65. The molecule has 0 fully saturated rings. The molecule has 0 saturated heterocycles. The molecule has 2 rings (SSSR count). The summed E-state index contributed by atoms with van der Waals surface area (Å²) >= 11 is 6.09. The Morgan fingerprint density at radius 3 is 3.13 bits per heavy atom. The van der Waals surface area contributed by atoms with Crippen LogP contribution in [0.1, 0.15) is 11.1 Å². The van der Waals surface area contributed by atoms with Gasteiger partial charge >= 0.3 is 0 Å². The molecule has 0 aliphatic carbocycles. The first-order valence-corrected chi connectivity index (χ1v) is 5.03. The number of rotatable bonds is 3. The van der Waals surface area contributed by atoms with Crippen molar-refractivity contribution in [3.05, 3.63) is 28.3 Å². The number of nitrogens with two attached hydrogens (primary N) is 1. The predicted molar refractivity (Wildman–Crippen MR) is 55.6 cm³/mol. The zero-order valence-corrected chi connectivity index (χ0v) is 8.92. The summed E-state index contributed by atoms with van der Waals surface area (Å²) in [4.78, 5) is 4.55. The number of ether oxygens (including phenoxy) is 2. The maximum Gasteiger partial charge on any atom is 0.189 e. The van der Waals surface area contributed by atoms with Gasteiger partial charge in [-0.05, 0) is 24.1 Å². The number of benzene rings is 1. The Bertz CT molecular complexity index is 357. The van der Waals surface area contributed by atoms with Crippen LogP contribution >= 0.6 is 11.6 Å². The van der Waals surface area contributed by atoms with Crippen molar-refractivity contribution < 1.29 is 14.3 Å². The Morgan fingerprint density at radius 2 is 2.33 bits per heavy atom. The highest BCUT2D eigenvalue weighted by Gasteiger charge is 2.16. The first kappa shape index (κ1) is 10.7. The molecule has 15 heavy (non-hydrogen) atoms. The van der Waals surface area contributed by atoms with Crippen molar-refractivity contribution in [3.63, 3.8) is 0 Å². The van der Waals surface area contributed by atoms with E-state index in [0.29, 0.717) is 31.5 Å². The fraction of sp³-hybridized carbons (Fsp3) is 0.400. The molecule has 0 radical (unpaired) electrons. The summed E-state index contributed by atoms with van der Waals surface area (Å²) in [5.74, 6) is 5.83. The number of hydrogen-bond donors (Lipinski definition) is 1. The molecule has 82 valence electrons. The van der Waals surface area contributed by atoms with Gasteiger partial charge in [-0.2, -0.15) is 0 Å². The van der Waals surface area contributed by atoms with E-state index in [0.717, 1.165) is 16.9 Å². The minimum absolute atomic E-state index is 0.293. The molecule has 0 spiro atoms. The Kier molecular flexibility index (Phi) is 3.43. The van der Waals surface area contributed by atoms with E-state index < -0.39 is 0 Å². The molecular weight excluding hydrogens is 218 g/mol. The van der Waals surface area contributed by atoms with Crippen LogP contribution in [-0.2, 0) is 22.6 Å². The largest absolute Gasteiger partial charge is 0.467 e. The highest BCUT2D eigenvalue weighted by molar-refractivity contribution is 6.31. The van der Waals surface area contributed by atoms with E-state index >= 15 is 0 Å². The maximum atomic E-state index is 6.09. The number of fused-ring (bicyclic) bond motifs is 1. The highest BCUT2D eigenvalue weighted by atomic mass is 35.5. The molecule has 1 heterocycles. The Hall–Kier alpha value is -0.810. The lowest BCUT2D eigenvalue weighted by Gasteiger charge is -2.21. The SMILES string of the molecule is NOCCc1c(Cl)ccc2c1COCO2. The molecule has 1 aliphatic rings. The van der Waals surface area contributed by atoms with E-state index in [-0.39, 0.29) is 0 Å². The van der Waals surface area contributed by atoms with Gasteiger partial charge in [-0.1, -0.05) is 11.6 Å². The van der Waals surface area contributed by atoms with Crippen LogP contribution in [0.4, 0.5) is 0 Å². The van der Waals surface area contributed by atoms with Crippen molar-refractivity contribution in [2.24, 2.45) is 5.90 Å². The van der Waals surface area contributed by atoms with E-state index in [2.05, 4.69) is 4.84 Å². The van der Waals surface area contributed by atoms with Gasteiger partial charge in [0, 0.05) is 10.6 Å². The molecule has 0 saturated carbocycles. The average molecular weight is 230 g/mol. The van der Waals surface area contributed by atoms with Gasteiger partial charge in [-0.25, -0.2) is 5.90 Å². The molecular formula is C10H12ClNO3. The van der Waals surface area contributed by atoms with Crippen molar-refractivity contribution in [2.45, 2.75) is 13.0 Å². The van der Waals surface area contributed by atoms with E-state index in [9.17, 15) is 0 Å². The van der Waals surface area contributed by atoms with Gasteiger partial charge in [0.25, 0.3) is 0 Å². The molecule has 5 heteroatoms. The first-order chi connectivity index (χ1) is 7.33. The molecule has 0 bridgehead atoms. The third kappa shape index (κ3) is 2.23. The standard InChI is InChI=1S/C10H12ClNO3/c11-9-1-2-10-8(5-13-6-14-10)7(9)3-4-15-12/h1-2H,3-6,12H2. The van der Waals surface area contributed by atoms with Crippen molar-refractivity contribution in [3.8, 4) is 5.75 Å². The van der Waals surface area contributed by atoms with Crippen LogP contribution in [0.5, 0.6) is 5.75 Å². The summed E-state index contributed by atoms with van der Waals surface area (Å²) in [6.07, 6.45) is 0.658. The normalized spacial score (nSPS) is 14.5.